The molecular formula is C18H25F5N2O4S3. The maximum Gasteiger partial charge on any atom is 0.310 e. The molecule has 0 aliphatic carbocycles. The summed E-state index contributed by atoms with van der Waals surface area (Å²) in [6.45, 7) is 0.122. The van der Waals surface area contributed by atoms with Crippen molar-refractivity contribution in [3.05, 3.63) is 24.5 Å². The first-order valence-corrected chi connectivity index (χ1v) is 14.3. The molecule has 0 saturated carbocycles. The van der Waals surface area contributed by atoms with E-state index in [9.17, 15) is 29.6 Å². The van der Waals surface area contributed by atoms with Crippen LogP contribution in [-0.2, 0) is 11.3 Å². The summed E-state index contributed by atoms with van der Waals surface area (Å²) in [5.41, 5.74) is 0.234. The number of fused-ring (bicyclic) bond motifs is 1. The van der Waals surface area contributed by atoms with Gasteiger partial charge in [0, 0.05) is 18.1 Å². The van der Waals surface area contributed by atoms with Crippen LogP contribution < -0.4 is 0 Å². The van der Waals surface area contributed by atoms with Crippen LogP contribution in [0.2, 0.25) is 0 Å². The van der Waals surface area contributed by atoms with Gasteiger partial charge in [-0.15, -0.1) is 0 Å². The second-order valence-electron chi connectivity index (χ2n) is 7.57. The average Bonchev–Trinajstić information content (AvgIpc) is 3.23. The molecular weight excluding hydrogens is 499 g/mol. The van der Waals surface area contributed by atoms with Gasteiger partial charge in [0.2, 0.25) is 0 Å². The van der Waals surface area contributed by atoms with Crippen LogP contribution >= 0.6 is 31.8 Å². The normalized spacial score (nSPS) is 26.4. The van der Waals surface area contributed by atoms with Gasteiger partial charge in [-0.2, -0.15) is 0 Å². The zero-order chi connectivity index (χ0) is 23.6. The Labute approximate surface area is 189 Å². The number of nitrogens with zero attached hydrogens (tertiary/aromatic N) is 2. The van der Waals surface area contributed by atoms with Gasteiger partial charge >= 0.3 is 10.2 Å². The van der Waals surface area contributed by atoms with Crippen molar-refractivity contribution in [1.82, 2.24) is 9.55 Å². The van der Waals surface area contributed by atoms with Crippen LogP contribution in [0.15, 0.2) is 29.4 Å². The molecule has 32 heavy (non-hydrogen) atoms. The molecule has 6 nitrogen and oxygen atoms in total. The molecule has 0 radical (unpaired) electrons. The van der Waals surface area contributed by atoms with Crippen molar-refractivity contribution in [1.29, 1.82) is 0 Å². The number of aromatic nitrogens is 2. The molecule has 3 rings (SSSR count). The molecule has 1 aromatic carbocycles. The molecule has 3 N–H and O–H groups in total. The van der Waals surface area contributed by atoms with Crippen molar-refractivity contribution in [2.75, 3.05) is 18.1 Å². The van der Waals surface area contributed by atoms with Gasteiger partial charge in [0.15, 0.2) is 0 Å². The van der Waals surface area contributed by atoms with E-state index in [0.717, 1.165) is 24.7 Å². The molecule has 2 aromatic rings. The van der Waals surface area contributed by atoms with E-state index >= 15 is 0 Å². The van der Waals surface area contributed by atoms with Crippen LogP contribution in [0.5, 0.6) is 0 Å². The van der Waals surface area contributed by atoms with Gasteiger partial charge in [-0.05, 0) is 37.5 Å². The molecule has 1 aliphatic rings. The number of imidazole rings is 1. The van der Waals surface area contributed by atoms with Crippen molar-refractivity contribution < 1.29 is 39.5 Å². The molecule has 0 bridgehead atoms. The summed E-state index contributed by atoms with van der Waals surface area (Å²) >= 11 is 0. The number of rotatable bonds is 11. The van der Waals surface area contributed by atoms with Crippen LogP contribution in [0.3, 0.4) is 0 Å². The van der Waals surface area contributed by atoms with Crippen molar-refractivity contribution in [3.63, 3.8) is 0 Å². The smallest absolute Gasteiger partial charge is 0.310 e. The summed E-state index contributed by atoms with van der Waals surface area (Å²) in [5, 5.41) is 28.7. The number of unbranched alkanes of at least 4 members (excludes halogenated alkanes) is 1. The Bertz CT molecular complexity index is 931. The van der Waals surface area contributed by atoms with E-state index in [2.05, 4.69) is 4.98 Å². The second-order valence-corrected chi connectivity index (χ2v) is 12.7. The van der Waals surface area contributed by atoms with Crippen LogP contribution in [0.25, 0.3) is 11.0 Å². The second kappa shape index (κ2) is 9.12. The quantitative estimate of drug-likeness (QED) is 0.223. The summed E-state index contributed by atoms with van der Waals surface area (Å²) in [4.78, 5) is 1.88. The van der Waals surface area contributed by atoms with Gasteiger partial charge in [-0.25, -0.2) is 4.98 Å². The predicted molar refractivity (Wildman–Crippen MR) is 118 cm³/mol. The predicted octanol–water partition coefficient (Wildman–Crippen LogP) is 4.73. The van der Waals surface area contributed by atoms with Crippen LogP contribution in [0.4, 0.5) is 19.4 Å². The lowest BCUT2D eigenvalue weighted by Crippen LogP contribution is -2.33. The maximum atomic E-state index is 12.9. The van der Waals surface area contributed by atoms with Gasteiger partial charge in [0.25, 0.3) is 0 Å². The summed E-state index contributed by atoms with van der Waals surface area (Å²) in [6.07, 6.45) is 0.224. The molecule has 2 heterocycles. The van der Waals surface area contributed by atoms with E-state index in [0.29, 0.717) is 36.4 Å². The Balaban J connectivity index is 1.37. The van der Waals surface area contributed by atoms with E-state index in [1.807, 2.05) is 0 Å². The summed E-state index contributed by atoms with van der Waals surface area (Å²) in [7, 11) is -6.53. The highest BCUT2D eigenvalue weighted by atomic mass is 33.1. The molecule has 1 saturated heterocycles. The van der Waals surface area contributed by atoms with Crippen LogP contribution in [0.1, 0.15) is 19.3 Å². The fraction of sp³-hybridized carbons (Fsp3) is 0.611. The zero-order valence-electron chi connectivity index (χ0n) is 16.8. The molecule has 0 unspecified atom stereocenters. The lowest BCUT2D eigenvalue weighted by molar-refractivity contribution is -0.0245. The first-order chi connectivity index (χ1) is 14.8. The molecule has 184 valence electrons. The van der Waals surface area contributed by atoms with Crippen molar-refractivity contribution in [3.8, 4) is 0 Å². The molecule has 1 fully saturated rings. The van der Waals surface area contributed by atoms with Crippen molar-refractivity contribution >= 4 is 42.8 Å². The number of hydrogen-bond donors (Lipinski definition) is 3. The van der Waals surface area contributed by atoms with Crippen molar-refractivity contribution in [2.45, 2.75) is 55.1 Å². The first kappa shape index (κ1) is 25.8. The number of ether oxygens (including phenoxy) is 1. The lowest BCUT2D eigenvalue weighted by Gasteiger charge is -2.40. The zero-order valence-corrected chi connectivity index (χ0v) is 19.3. The van der Waals surface area contributed by atoms with Gasteiger partial charge in [0.05, 0.1) is 30.1 Å². The summed E-state index contributed by atoms with van der Waals surface area (Å²) in [6, 6.07) is 1.81. The highest BCUT2D eigenvalue weighted by molar-refractivity contribution is 8.76. The number of aliphatic hydroxyl groups excluding tert-OH is 3. The molecule has 0 spiro atoms. The Kier molecular flexibility index (Phi) is 7.36. The Morgan fingerprint density at radius 1 is 1.00 bits per heavy atom. The number of aryl methyl sites for hydroxylation is 1. The molecule has 4 atom stereocenters. The largest absolute Gasteiger partial charge is 0.394 e. The maximum absolute atomic E-state index is 12.9. The van der Waals surface area contributed by atoms with Gasteiger partial charge in [0.1, 0.15) is 23.2 Å². The minimum Gasteiger partial charge on any atom is -0.394 e. The Hall–Kier alpha value is -0.770. The van der Waals surface area contributed by atoms with Crippen molar-refractivity contribution in [2.24, 2.45) is 0 Å². The molecule has 14 heteroatoms. The summed E-state index contributed by atoms with van der Waals surface area (Å²) in [5.74, 6) is 1.48. The first-order valence-electron chi connectivity index (χ1n) is 9.86. The topological polar surface area (TPSA) is 87.7 Å². The Morgan fingerprint density at radius 2 is 1.69 bits per heavy atom. The standard InChI is InChI=1S/C18H25F5N2O4S3/c19-32(20,21,22,23)12-4-5-14-13(9-12)24-11-25(14)6-8-31-30-7-2-1-3-15-17(27)18(28)16(10-26)29-15/h4-5,9,11,15-18,26-28H,1-3,6-8,10H2/t15-,16+,17+,18-/m0/s1. The number of benzene rings is 1. The summed E-state index contributed by atoms with van der Waals surface area (Å²) < 4.78 is 71.7. The third-order valence-electron chi connectivity index (χ3n) is 5.14. The van der Waals surface area contributed by atoms with E-state index in [1.165, 1.54) is 6.33 Å². The van der Waals surface area contributed by atoms with E-state index in [1.54, 1.807) is 26.2 Å². The monoisotopic (exact) mass is 524 g/mol. The average molecular weight is 525 g/mol. The third-order valence-corrected chi connectivity index (χ3v) is 8.76. The number of halogens is 5. The minimum absolute atomic E-state index is 0.127. The van der Waals surface area contributed by atoms with E-state index in [4.69, 9.17) is 9.84 Å². The minimum atomic E-state index is -9.72. The SMILES string of the molecule is OC[C@H]1O[C@@H](CCCCSSCCn2cnc3cc(S(F)(F)(F)(F)F)ccc32)[C@@H](O)[C@H]1O. The van der Waals surface area contributed by atoms with Gasteiger partial charge in [-0.3, -0.25) is 0 Å². The number of aliphatic hydroxyl groups is 3. The Morgan fingerprint density at radius 3 is 2.34 bits per heavy atom. The fourth-order valence-electron chi connectivity index (χ4n) is 3.44. The van der Waals surface area contributed by atoms with Crippen LogP contribution in [-0.4, -0.2) is 67.4 Å². The van der Waals surface area contributed by atoms with E-state index in [-0.39, 0.29) is 12.1 Å². The highest BCUT2D eigenvalue weighted by Crippen LogP contribution is 3.02. The number of hydrogen-bond acceptors (Lipinski definition) is 7. The molecule has 1 aromatic heterocycles. The third kappa shape index (κ3) is 6.42. The fourth-order valence-corrected chi connectivity index (χ4v) is 6.21. The molecule has 0 amide bonds. The molecule has 1 aliphatic heterocycles. The lowest BCUT2D eigenvalue weighted by atomic mass is 10.0. The highest BCUT2D eigenvalue weighted by Gasteiger charge is 2.65. The van der Waals surface area contributed by atoms with Crippen LogP contribution in [0, 0.1) is 0 Å². The van der Waals surface area contributed by atoms with E-state index < -0.39 is 39.5 Å². The van der Waals surface area contributed by atoms with Gasteiger partial charge in [-0.1, -0.05) is 41.0 Å². The van der Waals surface area contributed by atoms with Gasteiger partial charge < -0.3 is 24.6 Å².